The Morgan fingerprint density at radius 1 is 1.32 bits per heavy atom. The minimum absolute atomic E-state index is 0.0000260. The number of aromatic nitrogens is 2. The average Bonchev–Trinajstić information content (AvgIpc) is 2.33. The number of hydrogen-bond acceptors (Lipinski definition) is 4. The summed E-state index contributed by atoms with van der Waals surface area (Å²) in [4.78, 5) is 0.938. The number of nitrogens with two attached hydrogens (primary N) is 1. The molecule has 1 aromatic heterocycles. The van der Waals surface area contributed by atoms with Crippen molar-refractivity contribution < 1.29 is 0 Å². The molecule has 1 heterocycles. The molecule has 0 aliphatic heterocycles. The van der Waals surface area contributed by atoms with E-state index in [2.05, 4.69) is 10.2 Å². The maximum absolute atomic E-state index is 7.69. The van der Waals surface area contributed by atoms with Crippen LogP contribution < -0.4 is 5.73 Å². The number of rotatable bonds is 3. The van der Waals surface area contributed by atoms with Crippen LogP contribution in [0.5, 0.6) is 0 Å². The summed E-state index contributed by atoms with van der Waals surface area (Å²) in [7, 11) is 0. The van der Waals surface area contributed by atoms with Crippen molar-refractivity contribution >= 4 is 29.2 Å². The molecule has 19 heavy (non-hydrogen) atoms. The first-order valence-corrected chi connectivity index (χ1v) is 6.80. The fraction of sp³-hybridized carbons (Fsp3) is 0.154. The van der Waals surface area contributed by atoms with Gasteiger partial charge >= 0.3 is 0 Å². The molecule has 0 radical (unpaired) electrons. The summed E-state index contributed by atoms with van der Waals surface area (Å²) in [6.07, 6.45) is 0. The summed E-state index contributed by atoms with van der Waals surface area (Å²) in [6.45, 7) is 3.74. The van der Waals surface area contributed by atoms with Crippen molar-refractivity contribution in [2.75, 3.05) is 0 Å². The van der Waals surface area contributed by atoms with Crippen LogP contribution in [0.15, 0.2) is 34.2 Å². The average molecular weight is 293 g/mol. The van der Waals surface area contributed by atoms with Gasteiger partial charge in [-0.15, -0.1) is 5.10 Å². The fourth-order valence-corrected chi connectivity index (χ4v) is 2.87. The van der Waals surface area contributed by atoms with Gasteiger partial charge in [0.2, 0.25) is 0 Å². The van der Waals surface area contributed by atoms with Crippen molar-refractivity contribution in [2.24, 2.45) is 5.73 Å². The highest BCUT2D eigenvalue weighted by atomic mass is 35.5. The van der Waals surface area contributed by atoms with Crippen LogP contribution in [0.2, 0.25) is 5.02 Å². The van der Waals surface area contributed by atoms with Crippen LogP contribution in [0.25, 0.3) is 0 Å². The maximum Gasteiger partial charge on any atom is 0.135 e. The number of benzene rings is 1. The van der Waals surface area contributed by atoms with Crippen molar-refractivity contribution in [1.29, 1.82) is 5.41 Å². The Hall–Kier alpha value is -1.59. The van der Waals surface area contributed by atoms with Gasteiger partial charge in [-0.3, -0.25) is 5.41 Å². The van der Waals surface area contributed by atoms with Crippen LogP contribution in [-0.2, 0) is 0 Å². The van der Waals surface area contributed by atoms with Crippen LogP contribution in [-0.4, -0.2) is 16.0 Å². The summed E-state index contributed by atoms with van der Waals surface area (Å²) in [6, 6.07) is 7.44. The van der Waals surface area contributed by atoms with Crippen LogP contribution >= 0.6 is 23.4 Å². The molecule has 0 aliphatic carbocycles. The summed E-state index contributed by atoms with van der Waals surface area (Å²) in [5.74, 6) is 0.0000260. The highest BCUT2D eigenvalue weighted by Crippen LogP contribution is 2.31. The van der Waals surface area contributed by atoms with Gasteiger partial charge in [-0.05, 0) is 37.6 Å². The molecule has 0 bridgehead atoms. The third kappa shape index (κ3) is 3.05. The molecule has 6 heteroatoms. The molecule has 1 aromatic carbocycles. The molecule has 2 rings (SSSR count). The van der Waals surface area contributed by atoms with Crippen LogP contribution in [0.4, 0.5) is 0 Å². The Morgan fingerprint density at radius 3 is 2.68 bits per heavy atom. The standard InChI is InChI=1S/C13H13ClN4S/c1-7-8(2)17-18-13(11(7)12(15)16)19-10-5-3-4-9(14)6-10/h3-6H,1-2H3,(H3,15,16). The van der Waals surface area contributed by atoms with E-state index in [4.69, 9.17) is 22.7 Å². The predicted molar refractivity (Wildman–Crippen MR) is 78.1 cm³/mol. The van der Waals surface area contributed by atoms with E-state index in [1.54, 1.807) is 0 Å². The molecule has 0 saturated carbocycles. The Balaban J connectivity index is 2.46. The summed E-state index contributed by atoms with van der Waals surface area (Å²) in [5, 5.41) is 17.2. The van der Waals surface area contributed by atoms with Gasteiger partial charge in [0, 0.05) is 9.92 Å². The quantitative estimate of drug-likeness (QED) is 0.673. The topological polar surface area (TPSA) is 75.7 Å². The zero-order chi connectivity index (χ0) is 14.0. The highest BCUT2D eigenvalue weighted by Gasteiger charge is 2.14. The SMILES string of the molecule is Cc1nnc(Sc2cccc(Cl)c2)c(C(=N)N)c1C. The minimum atomic E-state index is 0.0000260. The third-order valence-corrected chi connectivity index (χ3v) is 3.91. The minimum Gasteiger partial charge on any atom is -0.384 e. The lowest BCUT2D eigenvalue weighted by Gasteiger charge is -2.11. The maximum atomic E-state index is 7.69. The van der Waals surface area contributed by atoms with Gasteiger partial charge in [-0.2, -0.15) is 5.10 Å². The molecule has 3 N–H and O–H groups in total. The van der Waals surface area contributed by atoms with Crippen molar-refractivity contribution in [3.05, 3.63) is 46.1 Å². The zero-order valence-electron chi connectivity index (χ0n) is 10.6. The van der Waals surface area contributed by atoms with E-state index < -0.39 is 0 Å². The summed E-state index contributed by atoms with van der Waals surface area (Å²) >= 11 is 7.35. The number of halogens is 1. The first kappa shape index (κ1) is 13.8. The summed E-state index contributed by atoms with van der Waals surface area (Å²) in [5.41, 5.74) is 7.94. The van der Waals surface area contributed by atoms with E-state index >= 15 is 0 Å². The second kappa shape index (κ2) is 5.59. The van der Waals surface area contributed by atoms with E-state index in [9.17, 15) is 0 Å². The van der Waals surface area contributed by atoms with Gasteiger partial charge in [0.1, 0.15) is 10.9 Å². The van der Waals surface area contributed by atoms with E-state index in [1.807, 2.05) is 38.1 Å². The van der Waals surface area contributed by atoms with Gasteiger partial charge in [-0.25, -0.2) is 0 Å². The zero-order valence-corrected chi connectivity index (χ0v) is 12.1. The fourth-order valence-electron chi connectivity index (χ4n) is 1.62. The lowest BCUT2D eigenvalue weighted by Crippen LogP contribution is -2.16. The molecular weight excluding hydrogens is 280 g/mol. The largest absolute Gasteiger partial charge is 0.384 e. The van der Waals surface area contributed by atoms with E-state index in [0.717, 1.165) is 16.2 Å². The highest BCUT2D eigenvalue weighted by molar-refractivity contribution is 7.99. The van der Waals surface area contributed by atoms with Crippen molar-refractivity contribution in [1.82, 2.24) is 10.2 Å². The first-order chi connectivity index (χ1) is 8.99. The predicted octanol–water partition coefficient (Wildman–Crippen LogP) is 3.18. The van der Waals surface area contributed by atoms with Crippen LogP contribution in [0.3, 0.4) is 0 Å². The molecule has 98 valence electrons. The molecule has 0 fully saturated rings. The molecular formula is C13H13ClN4S. The van der Waals surface area contributed by atoms with Crippen molar-refractivity contribution in [3.8, 4) is 0 Å². The first-order valence-electron chi connectivity index (χ1n) is 5.60. The van der Waals surface area contributed by atoms with Gasteiger partial charge in [-0.1, -0.05) is 29.4 Å². The smallest absolute Gasteiger partial charge is 0.135 e. The molecule has 0 spiro atoms. The van der Waals surface area contributed by atoms with Gasteiger partial charge in [0.15, 0.2) is 0 Å². The monoisotopic (exact) mass is 292 g/mol. The number of nitrogen functional groups attached to an aromatic ring is 1. The Bertz CT molecular complexity index is 643. The molecule has 2 aromatic rings. The van der Waals surface area contributed by atoms with Crippen molar-refractivity contribution in [2.45, 2.75) is 23.8 Å². The van der Waals surface area contributed by atoms with E-state index in [-0.39, 0.29) is 5.84 Å². The number of aryl methyl sites for hydroxylation is 1. The van der Waals surface area contributed by atoms with Crippen molar-refractivity contribution in [3.63, 3.8) is 0 Å². The summed E-state index contributed by atoms with van der Waals surface area (Å²) < 4.78 is 0. The lowest BCUT2D eigenvalue weighted by atomic mass is 10.1. The lowest BCUT2D eigenvalue weighted by molar-refractivity contribution is 0.872. The number of nitrogens with zero attached hydrogens (tertiary/aromatic N) is 2. The van der Waals surface area contributed by atoms with Gasteiger partial charge < -0.3 is 5.73 Å². The molecule has 0 amide bonds. The van der Waals surface area contributed by atoms with Gasteiger partial charge in [0.25, 0.3) is 0 Å². The number of amidine groups is 1. The van der Waals surface area contributed by atoms with Crippen LogP contribution in [0.1, 0.15) is 16.8 Å². The number of hydrogen-bond donors (Lipinski definition) is 2. The third-order valence-electron chi connectivity index (χ3n) is 2.70. The Morgan fingerprint density at radius 2 is 2.05 bits per heavy atom. The molecule has 0 saturated heterocycles. The van der Waals surface area contributed by atoms with E-state index in [0.29, 0.717) is 15.6 Å². The second-order valence-corrected chi connectivity index (χ2v) is 5.56. The molecule has 0 atom stereocenters. The number of nitrogens with one attached hydrogen (secondary N) is 1. The Kier molecular flexibility index (Phi) is 4.07. The van der Waals surface area contributed by atoms with Gasteiger partial charge in [0.05, 0.1) is 11.3 Å². The van der Waals surface area contributed by atoms with Crippen LogP contribution in [0, 0.1) is 19.3 Å². The van der Waals surface area contributed by atoms with E-state index in [1.165, 1.54) is 11.8 Å². The normalized spacial score (nSPS) is 10.5. The molecule has 0 unspecified atom stereocenters. The molecule has 0 aliphatic rings. The Labute approximate surface area is 120 Å². The molecule has 4 nitrogen and oxygen atoms in total. The second-order valence-electron chi connectivity index (χ2n) is 4.06.